The van der Waals surface area contributed by atoms with Crippen LogP contribution in [-0.2, 0) is 14.8 Å². The van der Waals surface area contributed by atoms with Gasteiger partial charge in [-0.25, -0.2) is 8.42 Å². The number of carbonyl (C=O) groups excluding carboxylic acids is 2. The average Bonchev–Trinajstić information content (AvgIpc) is 3.29. The second-order valence-electron chi connectivity index (χ2n) is 7.40. The minimum atomic E-state index is -3.88. The van der Waals surface area contributed by atoms with Gasteiger partial charge in [0.25, 0.3) is 15.9 Å². The summed E-state index contributed by atoms with van der Waals surface area (Å²) < 4.78 is 33.1. The van der Waals surface area contributed by atoms with Crippen LogP contribution < -0.4 is 14.8 Å². The summed E-state index contributed by atoms with van der Waals surface area (Å²) in [5.74, 6) is 0.225. The van der Waals surface area contributed by atoms with Crippen molar-refractivity contribution in [3.8, 4) is 5.75 Å². The second kappa shape index (κ2) is 9.82. The first-order valence-electron chi connectivity index (χ1n) is 10.1. The zero-order valence-electron chi connectivity index (χ0n) is 17.7. The van der Waals surface area contributed by atoms with E-state index in [1.54, 1.807) is 42.2 Å². The maximum Gasteiger partial charge on any atom is 0.261 e. The number of methoxy groups -OCH3 is 1. The van der Waals surface area contributed by atoms with Crippen molar-refractivity contribution in [3.63, 3.8) is 0 Å². The molecule has 0 aliphatic carbocycles. The molecule has 0 unspecified atom stereocenters. The lowest BCUT2D eigenvalue weighted by Gasteiger charge is -2.15. The highest BCUT2D eigenvalue weighted by molar-refractivity contribution is 7.92. The number of benzene rings is 2. The fourth-order valence-electron chi connectivity index (χ4n) is 3.39. The molecule has 2 aromatic carbocycles. The van der Waals surface area contributed by atoms with Crippen LogP contribution in [-0.4, -0.2) is 51.9 Å². The lowest BCUT2D eigenvalue weighted by atomic mass is 10.1. The number of nitrogens with one attached hydrogen (secondary N) is 2. The summed E-state index contributed by atoms with van der Waals surface area (Å²) in [5, 5.41) is 2.72. The number of ether oxygens (including phenoxy) is 1. The summed E-state index contributed by atoms with van der Waals surface area (Å²) in [7, 11) is -2.35. The Morgan fingerprint density at radius 1 is 1.06 bits per heavy atom. The van der Waals surface area contributed by atoms with Gasteiger partial charge in [-0.15, -0.1) is 0 Å². The monoisotopic (exact) mass is 445 g/mol. The number of carbonyl (C=O) groups is 2. The van der Waals surface area contributed by atoms with E-state index in [0.717, 1.165) is 25.9 Å². The van der Waals surface area contributed by atoms with Crippen LogP contribution in [0.25, 0.3) is 0 Å². The van der Waals surface area contributed by atoms with Crippen LogP contribution in [0.5, 0.6) is 5.75 Å². The molecule has 1 fully saturated rings. The third-order valence-corrected chi connectivity index (χ3v) is 6.57. The molecular formula is C22H27N3O5S. The number of hydrogen-bond acceptors (Lipinski definition) is 5. The lowest BCUT2D eigenvalue weighted by molar-refractivity contribution is -0.129. The highest BCUT2D eigenvalue weighted by Crippen LogP contribution is 2.21. The Bertz CT molecular complexity index is 1050. The molecule has 0 saturated carbocycles. The predicted molar refractivity (Wildman–Crippen MR) is 118 cm³/mol. The van der Waals surface area contributed by atoms with Crippen molar-refractivity contribution in [1.82, 2.24) is 10.2 Å². The summed E-state index contributed by atoms with van der Waals surface area (Å²) in [6, 6.07) is 10.9. The molecule has 0 aromatic heterocycles. The molecule has 1 heterocycles. The Balaban J connectivity index is 1.66. The molecule has 0 spiro atoms. The van der Waals surface area contributed by atoms with Gasteiger partial charge in [-0.05, 0) is 61.7 Å². The van der Waals surface area contributed by atoms with Crippen molar-refractivity contribution in [2.75, 3.05) is 31.5 Å². The summed E-state index contributed by atoms with van der Waals surface area (Å²) in [4.78, 5) is 26.5. The molecule has 0 bridgehead atoms. The number of amides is 2. The Labute approximate surface area is 182 Å². The van der Waals surface area contributed by atoms with E-state index in [2.05, 4.69) is 10.0 Å². The smallest absolute Gasteiger partial charge is 0.261 e. The maximum absolute atomic E-state index is 12.8. The Morgan fingerprint density at radius 2 is 1.74 bits per heavy atom. The largest absolute Gasteiger partial charge is 0.497 e. The van der Waals surface area contributed by atoms with Crippen molar-refractivity contribution >= 4 is 27.5 Å². The molecule has 1 aliphatic heterocycles. The van der Waals surface area contributed by atoms with Crippen LogP contribution in [0.4, 0.5) is 5.69 Å². The Hall–Kier alpha value is -3.07. The van der Waals surface area contributed by atoms with Crippen molar-refractivity contribution < 1.29 is 22.7 Å². The number of rotatable bonds is 8. The van der Waals surface area contributed by atoms with E-state index in [4.69, 9.17) is 4.74 Å². The molecule has 0 atom stereocenters. The molecule has 2 amide bonds. The van der Waals surface area contributed by atoms with E-state index in [1.165, 1.54) is 19.2 Å². The van der Waals surface area contributed by atoms with Gasteiger partial charge < -0.3 is 15.0 Å². The first-order chi connectivity index (χ1) is 14.8. The second-order valence-corrected chi connectivity index (χ2v) is 9.09. The molecule has 9 heteroatoms. The quantitative estimate of drug-likeness (QED) is 0.650. The van der Waals surface area contributed by atoms with E-state index in [0.29, 0.717) is 17.0 Å². The van der Waals surface area contributed by atoms with Gasteiger partial charge in [0.15, 0.2) is 0 Å². The zero-order valence-corrected chi connectivity index (χ0v) is 18.5. The van der Waals surface area contributed by atoms with Crippen LogP contribution in [0, 0.1) is 6.92 Å². The van der Waals surface area contributed by atoms with Crippen molar-refractivity contribution in [2.45, 2.75) is 31.1 Å². The van der Waals surface area contributed by atoms with Gasteiger partial charge in [0.1, 0.15) is 5.75 Å². The minimum absolute atomic E-state index is 0.0211. The minimum Gasteiger partial charge on any atom is -0.497 e. The maximum atomic E-state index is 12.8. The first-order valence-corrected chi connectivity index (χ1v) is 11.6. The summed E-state index contributed by atoms with van der Waals surface area (Å²) >= 11 is 0. The van der Waals surface area contributed by atoms with E-state index in [1.807, 2.05) is 0 Å². The molecule has 0 radical (unpaired) electrons. The molecule has 2 aromatic rings. The van der Waals surface area contributed by atoms with Crippen molar-refractivity contribution in [3.05, 3.63) is 53.6 Å². The standard InChI is InChI=1S/C22H27N3O5S/c1-16-5-10-19(31(28,29)24-17-6-8-18(30-2)9-7-17)15-20(16)22(27)23-12-11-21(26)25-13-3-4-14-25/h5-10,15,24H,3-4,11-14H2,1-2H3,(H,23,27). The van der Waals surface area contributed by atoms with Crippen molar-refractivity contribution in [2.24, 2.45) is 0 Å². The topological polar surface area (TPSA) is 105 Å². The average molecular weight is 446 g/mol. The van der Waals surface area contributed by atoms with Crippen molar-refractivity contribution in [1.29, 1.82) is 0 Å². The Morgan fingerprint density at radius 3 is 2.39 bits per heavy atom. The van der Waals surface area contributed by atoms with Crippen LogP contribution in [0.2, 0.25) is 0 Å². The normalized spacial score (nSPS) is 13.7. The van der Waals surface area contributed by atoms with Crippen LogP contribution in [0.3, 0.4) is 0 Å². The molecule has 1 saturated heterocycles. The van der Waals surface area contributed by atoms with Crippen LogP contribution in [0.1, 0.15) is 35.2 Å². The molecule has 166 valence electrons. The number of aryl methyl sites for hydroxylation is 1. The summed E-state index contributed by atoms with van der Waals surface area (Å²) in [6.45, 7) is 3.48. The Kier molecular flexibility index (Phi) is 7.17. The lowest BCUT2D eigenvalue weighted by Crippen LogP contribution is -2.33. The number of sulfonamides is 1. The zero-order chi connectivity index (χ0) is 22.4. The predicted octanol–water partition coefficient (Wildman–Crippen LogP) is 2.55. The van der Waals surface area contributed by atoms with Gasteiger partial charge in [0, 0.05) is 37.3 Å². The number of hydrogen-bond donors (Lipinski definition) is 2. The third kappa shape index (κ3) is 5.75. The fourth-order valence-corrected chi connectivity index (χ4v) is 4.47. The van der Waals surface area contributed by atoms with Gasteiger partial charge in [0.2, 0.25) is 5.91 Å². The number of likely N-dealkylation sites (tertiary alicyclic amines) is 1. The molecule has 31 heavy (non-hydrogen) atoms. The molecule has 8 nitrogen and oxygen atoms in total. The summed E-state index contributed by atoms with van der Waals surface area (Å²) in [6.07, 6.45) is 2.26. The molecule has 1 aliphatic rings. The van der Waals surface area contributed by atoms with Gasteiger partial charge in [-0.2, -0.15) is 0 Å². The molecule has 2 N–H and O–H groups in total. The van der Waals surface area contributed by atoms with E-state index >= 15 is 0 Å². The van der Waals surface area contributed by atoms with E-state index in [9.17, 15) is 18.0 Å². The highest BCUT2D eigenvalue weighted by Gasteiger charge is 2.20. The highest BCUT2D eigenvalue weighted by atomic mass is 32.2. The van der Waals surface area contributed by atoms with Gasteiger partial charge >= 0.3 is 0 Å². The van der Waals surface area contributed by atoms with Crippen LogP contribution in [0.15, 0.2) is 47.4 Å². The van der Waals surface area contributed by atoms with E-state index < -0.39 is 15.9 Å². The fraction of sp³-hybridized carbons (Fsp3) is 0.364. The van der Waals surface area contributed by atoms with Gasteiger partial charge in [0.05, 0.1) is 12.0 Å². The number of anilines is 1. The van der Waals surface area contributed by atoms with Gasteiger partial charge in [-0.1, -0.05) is 6.07 Å². The van der Waals surface area contributed by atoms with Gasteiger partial charge in [-0.3, -0.25) is 14.3 Å². The van der Waals surface area contributed by atoms with Crippen LogP contribution >= 0.6 is 0 Å². The third-order valence-electron chi connectivity index (χ3n) is 5.19. The number of nitrogens with zero attached hydrogens (tertiary/aromatic N) is 1. The molecule has 3 rings (SSSR count). The first kappa shape index (κ1) is 22.6. The van der Waals surface area contributed by atoms with E-state index in [-0.39, 0.29) is 29.3 Å². The SMILES string of the molecule is COc1ccc(NS(=O)(=O)c2ccc(C)c(C(=O)NCCC(=O)N3CCCC3)c2)cc1. The molecular weight excluding hydrogens is 418 g/mol. The summed E-state index contributed by atoms with van der Waals surface area (Å²) in [5.41, 5.74) is 1.28.